The number of likely N-dealkylation sites (tertiary alicyclic amines) is 1. The number of oxazole rings is 1. The van der Waals surface area contributed by atoms with Crippen molar-refractivity contribution in [2.24, 2.45) is 0 Å². The predicted octanol–water partition coefficient (Wildman–Crippen LogP) is 5.88. The average molecular weight is 527 g/mol. The number of aryl methyl sites for hydroxylation is 1. The second-order valence-corrected chi connectivity index (χ2v) is 10.4. The maximum atomic E-state index is 13.8. The fourth-order valence-electron chi connectivity index (χ4n) is 4.77. The second kappa shape index (κ2) is 10.3. The van der Waals surface area contributed by atoms with Gasteiger partial charge in [0.15, 0.2) is 0 Å². The topological polar surface area (TPSA) is 111 Å². The maximum absolute atomic E-state index is 13.8. The van der Waals surface area contributed by atoms with Gasteiger partial charge >= 0.3 is 0 Å². The molecule has 1 fully saturated rings. The van der Waals surface area contributed by atoms with Gasteiger partial charge in [0, 0.05) is 29.1 Å². The summed E-state index contributed by atoms with van der Waals surface area (Å²) in [6, 6.07) is 13.5. The normalized spacial score (nSPS) is 16.2. The molecule has 2 atom stereocenters. The Morgan fingerprint density at radius 1 is 1.13 bits per heavy atom. The molecule has 2 unspecified atom stereocenters. The van der Waals surface area contributed by atoms with Crippen LogP contribution in [0.15, 0.2) is 69.1 Å². The highest BCUT2D eigenvalue weighted by molar-refractivity contribution is 7.09. The molecule has 0 spiro atoms. The number of amides is 1. The van der Waals surface area contributed by atoms with E-state index in [0.717, 1.165) is 30.0 Å². The van der Waals surface area contributed by atoms with Crippen LogP contribution in [-0.2, 0) is 6.42 Å². The van der Waals surface area contributed by atoms with Crippen molar-refractivity contribution in [3.8, 4) is 23.2 Å². The molecule has 9 nitrogen and oxygen atoms in total. The van der Waals surface area contributed by atoms with Crippen LogP contribution in [0.3, 0.4) is 0 Å². The molecule has 192 valence electrons. The third-order valence-electron chi connectivity index (χ3n) is 6.63. The van der Waals surface area contributed by atoms with Gasteiger partial charge in [-0.05, 0) is 43.9 Å². The van der Waals surface area contributed by atoms with Gasteiger partial charge in [-0.25, -0.2) is 15.0 Å². The van der Waals surface area contributed by atoms with Crippen LogP contribution in [0.4, 0.5) is 0 Å². The van der Waals surface area contributed by atoms with Crippen molar-refractivity contribution in [1.82, 2.24) is 30.0 Å². The highest BCUT2D eigenvalue weighted by atomic mass is 32.1. The first kappa shape index (κ1) is 24.2. The van der Waals surface area contributed by atoms with E-state index in [0.29, 0.717) is 35.3 Å². The van der Waals surface area contributed by atoms with Crippen LogP contribution in [0.5, 0.6) is 0 Å². The summed E-state index contributed by atoms with van der Waals surface area (Å²) in [6.07, 6.45) is 5.59. The summed E-state index contributed by atoms with van der Waals surface area (Å²) in [5.74, 6) is 0.983. The summed E-state index contributed by atoms with van der Waals surface area (Å²) in [6.45, 7) is 4.68. The summed E-state index contributed by atoms with van der Waals surface area (Å²) < 4.78 is 11.6. The van der Waals surface area contributed by atoms with Gasteiger partial charge in [0.05, 0.1) is 12.2 Å². The zero-order valence-corrected chi connectivity index (χ0v) is 21.9. The number of aromatic nitrogens is 5. The largest absolute Gasteiger partial charge is 0.443 e. The van der Waals surface area contributed by atoms with E-state index in [1.54, 1.807) is 29.7 Å². The quantitative estimate of drug-likeness (QED) is 0.259. The molecule has 1 aliphatic rings. The lowest BCUT2D eigenvalue weighted by molar-refractivity contribution is 0.0735. The lowest BCUT2D eigenvalue weighted by Gasteiger charge is -2.23. The fraction of sp³-hybridized carbons (Fsp3) is 0.286. The fourth-order valence-corrected chi connectivity index (χ4v) is 5.72. The molecule has 5 aromatic rings. The monoisotopic (exact) mass is 526 g/mol. The molecule has 4 aromatic heterocycles. The molecule has 0 radical (unpaired) electrons. The number of pyridine rings is 1. The molecule has 0 saturated carbocycles. The predicted molar refractivity (Wildman–Crippen MR) is 141 cm³/mol. The Morgan fingerprint density at radius 3 is 2.68 bits per heavy atom. The second-order valence-electron chi connectivity index (χ2n) is 9.48. The minimum absolute atomic E-state index is 0.0155. The van der Waals surface area contributed by atoms with Crippen LogP contribution in [0.25, 0.3) is 23.2 Å². The van der Waals surface area contributed by atoms with E-state index in [2.05, 4.69) is 37.3 Å². The molecular formula is C28H26N6O3S. The zero-order chi connectivity index (χ0) is 26.1. The number of thiazole rings is 1. The van der Waals surface area contributed by atoms with Crippen molar-refractivity contribution in [3.05, 3.63) is 88.0 Å². The zero-order valence-electron chi connectivity index (χ0n) is 21.1. The first-order chi connectivity index (χ1) is 18.5. The summed E-state index contributed by atoms with van der Waals surface area (Å²) in [7, 11) is 0. The molecule has 0 aliphatic carbocycles. The molecule has 0 N–H and O–H groups in total. The highest BCUT2D eigenvalue weighted by Gasteiger charge is 2.33. The lowest BCUT2D eigenvalue weighted by Crippen LogP contribution is -2.30. The van der Waals surface area contributed by atoms with Crippen molar-refractivity contribution in [1.29, 1.82) is 0 Å². The first-order valence-electron chi connectivity index (χ1n) is 12.6. The number of carbonyl (C=O) groups is 1. The number of hydrogen-bond donors (Lipinski definition) is 0. The number of carbonyl (C=O) groups excluding carboxylic acids is 1. The van der Waals surface area contributed by atoms with E-state index in [1.807, 2.05) is 42.3 Å². The third kappa shape index (κ3) is 4.87. The Bertz CT molecular complexity index is 1550. The van der Waals surface area contributed by atoms with Crippen LogP contribution >= 0.6 is 11.3 Å². The van der Waals surface area contributed by atoms with E-state index < -0.39 is 0 Å². The van der Waals surface area contributed by atoms with Gasteiger partial charge < -0.3 is 13.7 Å². The van der Waals surface area contributed by atoms with Crippen LogP contribution in [0, 0.1) is 6.92 Å². The third-order valence-corrected chi connectivity index (χ3v) is 7.69. The van der Waals surface area contributed by atoms with Crippen LogP contribution in [-0.4, -0.2) is 42.5 Å². The van der Waals surface area contributed by atoms with Gasteiger partial charge in [-0.15, -0.1) is 21.5 Å². The molecule has 5 heterocycles. The number of rotatable bonds is 7. The number of nitrogens with zero attached hydrogens (tertiary/aromatic N) is 6. The van der Waals surface area contributed by atoms with Crippen molar-refractivity contribution in [2.75, 3.05) is 6.54 Å². The molecule has 1 aliphatic heterocycles. The highest BCUT2D eigenvalue weighted by Crippen LogP contribution is 2.36. The Balaban J connectivity index is 1.33. The van der Waals surface area contributed by atoms with Crippen LogP contribution in [0.1, 0.15) is 64.2 Å². The lowest BCUT2D eigenvalue weighted by atomic mass is 10.0. The van der Waals surface area contributed by atoms with Gasteiger partial charge in [-0.3, -0.25) is 4.79 Å². The Labute approximate surface area is 223 Å². The SMILES string of the molecule is Cc1csc(C2CCCN2C(=O)c2cc(-c3ncco3)nc(-c3nnc(C(C)Cc4ccccc4)o3)c2)n1. The van der Waals surface area contributed by atoms with Gasteiger partial charge in [0.25, 0.3) is 11.8 Å². The van der Waals surface area contributed by atoms with E-state index in [-0.39, 0.29) is 23.8 Å². The average Bonchev–Trinajstić information content (AvgIpc) is 3.75. The van der Waals surface area contributed by atoms with E-state index >= 15 is 0 Å². The van der Waals surface area contributed by atoms with Crippen molar-refractivity contribution < 1.29 is 13.6 Å². The summed E-state index contributed by atoms with van der Waals surface area (Å²) >= 11 is 1.59. The minimum Gasteiger partial charge on any atom is -0.443 e. The van der Waals surface area contributed by atoms with Gasteiger partial charge in [-0.2, -0.15) is 0 Å². The summed E-state index contributed by atoms with van der Waals surface area (Å²) in [5, 5.41) is 11.5. The molecule has 1 saturated heterocycles. The molecule has 6 rings (SSSR count). The van der Waals surface area contributed by atoms with Crippen molar-refractivity contribution in [3.63, 3.8) is 0 Å². The Kier molecular flexibility index (Phi) is 6.55. The van der Waals surface area contributed by atoms with Crippen molar-refractivity contribution >= 4 is 17.2 Å². The summed E-state index contributed by atoms with van der Waals surface area (Å²) in [5.41, 5.74) is 3.44. The molecule has 1 aromatic carbocycles. The molecule has 0 bridgehead atoms. The number of benzene rings is 1. The van der Waals surface area contributed by atoms with E-state index in [1.165, 1.54) is 11.8 Å². The van der Waals surface area contributed by atoms with E-state index in [4.69, 9.17) is 8.83 Å². The maximum Gasteiger partial charge on any atom is 0.266 e. The Hall–Kier alpha value is -4.18. The molecular weight excluding hydrogens is 500 g/mol. The van der Waals surface area contributed by atoms with Gasteiger partial charge in [0.2, 0.25) is 11.8 Å². The molecule has 38 heavy (non-hydrogen) atoms. The van der Waals surface area contributed by atoms with Crippen LogP contribution in [0.2, 0.25) is 0 Å². The van der Waals surface area contributed by atoms with E-state index in [9.17, 15) is 4.79 Å². The molecule has 10 heteroatoms. The number of hydrogen-bond acceptors (Lipinski definition) is 9. The van der Waals surface area contributed by atoms with Crippen molar-refractivity contribution in [2.45, 2.75) is 45.1 Å². The minimum atomic E-state index is -0.103. The van der Waals surface area contributed by atoms with Gasteiger partial charge in [0.1, 0.15) is 22.7 Å². The van der Waals surface area contributed by atoms with Gasteiger partial charge in [-0.1, -0.05) is 37.3 Å². The Morgan fingerprint density at radius 2 is 1.95 bits per heavy atom. The first-order valence-corrected chi connectivity index (χ1v) is 13.5. The smallest absolute Gasteiger partial charge is 0.266 e. The standard InChI is InChI=1S/C28H26N6O3S/c1-17(13-19-7-4-3-5-8-19)24-32-33-26(37-24)22-15-20(14-21(31-22)25-29-10-12-36-25)28(35)34-11-6-9-23(34)27-30-18(2)16-38-27/h3-5,7-8,10,12,14-17,23H,6,9,11,13H2,1-2H3. The van der Waals surface area contributed by atoms with Crippen LogP contribution < -0.4 is 0 Å². The summed E-state index contributed by atoms with van der Waals surface area (Å²) in [4.78, 5) is 29.2. The molecule has 1 amide bonds.